The average molecular weight is 341 g/mol. The standard InChI is InChI=1S/H2O4S.2O3Si.Zr/c1-5(2,3)4;2*1-4(2)3;/h(H2,1,2,3,4);;;/q;2*-2;+4. The van der Waals surface area contributed by atoms with Crippen LogP contribution >= 0.6 is 0 Å². The zero-order valence-corrected chi connectivity index (χ0v) is 11.3. The maximum Gasteiger partial charge on any atom is 4.00 e. The van der Waals surface area contributed by atoms with E-state index in [0.29, 0.717) is 0 Å². The number of rotatable bonds is 0. The molecule has 0 aromatic rings. The van der Waals surface area contributed by atoms with E-state index in [2.05, 4.69) is 0 Å². The smallest absolute Gasteiger partial charge is 0.672 e. The van der Waals surface area contributed by atoms with E-state index in [0.717, 1.165) is 0 Å². The topological polar surface area (TPSA) is 201 Å². The van der Waals surface area contributed by atoms with E-state index in [1.165, 1.54) is 0 Å². The van der Waals surface area contributed by atoms with Gasteiger partial charge in [0.05, 0.1) is 0 Å². The summed E-state index contributed by atoms with van der Waals surface area (Å²) in [6, 6.07) is 0. The molecule has 0 bridgehead atoms. The van der Waals surface area contributed by atoms with Crippen LogP contribution in [0.1, 0.15) is 0 Å². The SMILES string of the molecule is O=S(=O)(O)O.O=[Si]([O-])[O-].O=[Si]([O-])[O-].[Zr+4]. The Morgan fingerprint density at radius 2 is 0.857 bits per heavy atom. The molecule has 14 heteroatoms. The van der Waals surface area contributed by atoms with Crippen molar-refractivity contribution in [1.82, 2.24) is 0 Å². The molecule has 0 saturated carbocycles. The molecule has 0 unspecified atom stereocenters. The molecule has 0 saturated heterocycles. The second-order valence-corrected chi connectivity index (χ2v) is 2.84. The minimum absolute atomic E-state index is 0. The van der Waals surface area contributed by atoms with Crippen LogP contribution in [-0.2, 0) is 45.5 Å². The quantitative estimate of drug-likeness (QED) is 0.315. The molecular formula is H2O10SSi2Zr. The molecule has 0 rings (SSSR count). The van der Waals surface area contributed by atoms with Crippen molar-refractivity contribution in [3.63, 3.8) is 0 Å². The summed E-state index contributed by atoms with van der Waals surface area (Å²) in [7, 11) is -11.9. The van der Waals surface area contributed by atoms with Gasteiger partial charge in [-0.25, -0.2) is 0 Å². The first-order chi connectivity index (χ1) is 5.46. The zero-order chi connectivity index (χ0) is 11.7. The summed E-state index contributed by atoms with van der Waals surface area (Å²) in [6.45, 7) is 0. The molecule has 0 aliphatic heterocycles. The molecule has 0 heterocycles. The summed E-state index contributed by atoms with van der Waals surface area (Å²) in [5.74, 6) is 0. The third kappa shape index (κ3) is 8410000. The van der Waals surface area contributed by atoms with Crippen LogP contribution in [0.5, 0.6) is 0 Å². The Kier molecular flexibility index (Phi) is 21.9. The fourth-order valence-electron chi connectivity index (χ4n) is 0. The molecule has 80 valence electrons. The summed E-state index contributed by atoms with van der Waals surface area (Å²) in [6.07, 6.45) is 0. The van der Waals surface area contributed by atoms with E-state index in [9.17, 15) is 0 Å². The molecule has 0 aromatic carbocycles. The largest absolute Gasteiger partial charge is 4.00 e. The van der Waals surface area contributed by atoms with Crippen LogP contribution in [0.2, 0.25) is 0 Å². The Bertz CT molecular complexity index is 213. The van der Waals surface area contributed by atoms with Gasteiger partial charge in [0.25, 0.3) is 0 Å². The van der Waals surface area contributed by atoms with E-state index >= 15 is 0 Å². The molecule has 0 aliphatic rings. The van der Waals surface area contributed by atoms with Crippen LogP contribution in [0.15, 0.2) is 0 Å². The molecule has 0 aromatic heterocycles. The van der Waals surface area contributed by atoms with Gasteiger partial charge in [0, 0.05) is 18.3 Å². The Hall–Kier alpha value is -0.0131. The van der Waals surface area contributed by atoms with E-state index in [1.807, 2.05) is 0 Å². The van der Waals surface area contributed by atoms with Crippen molar-refractivity contribution in [3.8, 4) is 0 Å². The molecule has 0 fully saturated rings. The van der Waals surface area contributed by atoms with Crippen LogP contribution in [-0.4, -0.2) is 35.9 Å². The zero-order valence-electron chi connectivity index (χ0n) is 6.07. The van der Waals surface area contributed by atoms with Gasteiger partial charge in [0.1, 0.15) is 0 Å². The fourth-order valence-corrected chi connectivity index (χ4v) is 0. The summed E-state index contributed by atoms with van der Waals surface area (Å²) in [5.41, 5.74) is 0. The van der Waals surface area contributed by atoms with Crippen molar-refractivity contribution in [2.45, 2.75) is 0 Å². The Balaban J connectivity index is -0.0000000522. The minimum atomic E-state index is -4.67. The van der Waals surface area contributed by atoms with Gasteiger partial charge in [-0.2, -0.15) is 8.42 Å². The molecule has 14 heavy (non-hydrogen) atoms. The summed E-state index contributed by atoms with van der Waals surface area (Å²) < 4.78 is 48.6. The normalized spacial score (nSPS) is 7.57. The van der Waals surface area contributed by atoms with Gasteiger partial charge in [-0.1, -0.05) is 0 Å². The fraction of sp³-hybridized carbons (Fsp3) is 0. The van der Waals surface area contributed by atoms with E-state index in [4.69, 9.17) is 45.6 Å². The van der Waals surface area contributed by atoms with Crippen molar-refractivity contribution in [2.24, 2.45) is 0 Å². The van der Waals surface area contributed by atoms with E-state index < -0.39 is 28.7 Å². The second kappa shape index (κ2) is 13.0. The van der Waals surface area contributed by atoms with Crippen molar-refractivity contribution < 1.29 is 71.8 Å². The third-order valence-electron chi connectivity index (χ3n) is 0. The van der Waals surface area contributed by atoms with Crippen molar-refractivity contribution >= 4 is 28.7 Å². The van der Waals surface area contributed by atoms with Gasteiger partial charge in [-0.05, 0) is 0 Å². The second-order valence-electron chi connectivity index (χ2n) is 0.948. The van der Waals surface area contributed by atoms with Gasteiger partial charge >= 0.3 is 36.6 Å². The Morgan fingerprint density at radius 3 is 0.857 bits per heavy atom. The first-order valence-electron chi connectivity index (χ1n) is 1.92. The molecule has 2 N–H and O–H groups in total. The van der Waals surface area contributed by atoms with Gasteiger partial charge < -0.3 is 28.1 Å². The first kappa shape index (κ1) is 23.7. The molecule has 0 spiro atoms. The molecule has 0 atom stereocenters. The summed E-state index contributed by atoms with van der Waals surface area (Å²) in [5, 5.41) is 0. The maximum absolute atomic E-state index is 8.74. The van der Waals surface area contributed by atoms with Crippen molar-refractivity contribution in [2.75, 3.05) is 0 Å². The Labute approximate surface area is 100 Å². The molecule has 0 aliphatic carbocycles. The first-order valence-corrected chi connectivity index (χ1v) is 5.77. The summed E-state index contributed by atoms with van der Waals surface area (Å²) in [4.78, 5) is 34.1. The van der Waals surface area contributed by atoms with Crippen LogP contribution in [0.25, 0.3) is 0 Å². The molecular weight excluding hydrogens is 339 g/mol. The monoisotopic (exact) mass is 340 g/mol. The van der Waals surface area contributed by atoms with E-state index in [-0.39, 0.29) is 26.2 Å². The summed E-state index contributed by atoms with van der Waals surface area (Å²) >= 11 is 0. The van der Waals surface area contributed by atoms with Gasteiger partial charge in [0.2, 0.25) is 0 Å². The van der Waals surface area contributed by atoms with Crippen LogP contribution in [0.3, 0.4) is 0 Å². The number of hydrogen-bond donors (Lipinski definition) is 2. The van der Waals surface area contributed by atoms with Crippen LogP contribution in [0.4, 0.5) is 0 Å². The van der Waals surface area contributed by atoms with Crippen molar-refractivity contribution in [1.29, 1.82) is 0 Å². The third-order valence-corrected chi connectivity index (χ3v) is 0. The molecule has 0 radical (unpaired) electrons. The Morgan fingerprint density at radius 1 is 0.857 bits per heavy atom. The molecule has 10 nitrogen and oxygen atoms in total. The predicted molar refractivity (Wildman–Crippen MR) is 27.1 cm³/mol. The van der Waals surface area contributed by atoms with Gasteiger partial charge in [-0.15, -0.1) is 0 Å². The van der Waals surface area contributed by atoms with Gasteiger partial charge in [0.15, 0.2) is 0 Å². The maximum atomic E-state index is 8.74. The number of hydrogen-bond acceptors (Lipinski definition) is 8. The minimum Gasteiger partial charge on any atom is -0.672 e. The van der Waals surface area contributed by atoms with Gasteiger partial charge in [-0.3, -0.25) is 9.11 Å². The molecule has 0 amide bonds. The van der Waals surface area contributed by atoms with E-state index in [1.54, 1.807) is 0 Å². The van der Waals surface area contributed by atoms with Crippen LogP contribution < -0.4 is 19.2 Å². The predicted octanol–water partition coefficient (Wildman–Crippen LogP) is -6.41. The van der Waals surface area contributed by atoms with Crippen molar-refractivity contribution in [3.05, 3.63) is 0 Å². The average Bonchev–Trinajstić information content (AvgIpc) is 1.50. The van der Waals surface area contributed by atoms with Crippen LogP contribution in [0, 0.1) is 0 Å².